The number of aromatic nitrogens is 4. The maximum atomic E-state index is 13.6. The van der Waals surface area contributed by atoms with E-state index in [0.717, 1.165) is 6.07 Å². The van der Waals surface area contributed by atoms with Crippen molar-refractivity contribution in [3.05, 3.63) is 77.1 Å². The Balaban J connectivity index is 1.67. The van der Waals surface area contributed by atoms with Gasteiger partial charge in [-0.25, -0.2) is 4.98 Å². The van der Waals surface area contributed by atoms with Crippen LogP contribution in [0.4, 0.5) is 24.8 Å². The second kappa shape index (κ2) is 9.05. The van der Waals surface area contributed by atoms with E-state index in [2.05, 4.69) is 26.6 Å². The summed E-state index contributed by atoms with van der Waals surface area (Å²) in [5.41, 5.74) is 1.42. The number of nitriles is 1. The number of rotatable bonds is 5. The minimum atomic E-state index is -4.59. The molecule has 0 saturated carbocycles. The number of hydrogen-bond acceptors (Lipinski definition) is 6. The molecule has 11 heteroatoms. The van der Waals surface area contributed by atoms with Gasteiger partial charge in [-0.2, -0.15) is 18.4 Å². The number of amides is 1. The molecule has 0 fully saturated rings. The van der Waals surface area contributed by atoms with Crippen molar-refractivity contribution in [3.63, 3.8) is 0 Å². The van der Waals surface area contributed by atoms with E-state index in [1.807, 2.05) is 6.92 Å². The highest BCUT2D eigenvalue weighted by Crippen LogP contribution is 2.40. The van der Waals surface area contributed by atoms with Gasteiger partial charge in [-0.05, 0) is 66.1 Å². The van der Waals surface area contributed by atoms with Crippen LogP contribution in [0.15, 0.2) is 54.9 Å². The number of carbonyl (C=O) groups excluding carboxylic acids is 1. The van der Waals surface area contributed by atoms with Crippen LogP contribution in [0.1, 0.15) is 34.0 Å². The van der Waals surface area contributed by atoms with Crippen molar-refractivity contribution in [2.75, 3.05) is 16.8 Å². The summed E-state index contributed by atoms with van der Waals surface area (Å²) in [5.74, 6) is 0.616. The highest BCUT2D eigenvalue weighted by Gasteiger charge is 2.40. The third-order valence-corrected chi connectivity index (χ3v) is 6.13. The molecule has 1 amide bonds. The molecule has 0 saturated heterocycles. The Kier molecular flexibility index (Phi) is 5.87. The van der Waals surface area contributed by atoms with Crippen LogP contribution >= 0.6 is 0 Å². The first-order valence-electron chi connectivity index (χ1n) is 11.4. The van der Waals surface area contributed by atoms with E-state index in [9.17, 15) is 23.2 Å². The number of aryl methyl sites for hydroxylation is 1. The number of fused-ring (bicyclic) bond motifs is 1. The summed E-state index contributed by atoms with van der Waals surface area (Å²) >= 11 is 0. The molecule has 1 N–H and O–H groups in total. The van der Waals surface area contributed by atoms with Gasteiger partial charge >= 0.3 is 6.18 Å². The van der Waals surface area contributed by atoms with E-state index in [-0.39, 0.29) is 23.5 Å². The van der Waals surface area contributed by atoms with Crippen molar-refractivity contribution in [2.24, 2.45) is 7.05 Å². The van der Waals surface area contributed by atoms with Gasteiger partial charge in [0.1, 0.15) is 18.0 Å². The van der Waals surface area contributed by atoms with Crippen molar-refractivity contribution in [1.29, 1.82) is 5.26 Å². The van der Waals surface area contributed by atoms with Crippen LogP contribution in [0, 0.1) is 11.3 Å². The van der Waals surface area contributed by atoms with Crippen LogP contribution in [0.25, 0.3) is 22.5 Å². The van der Waals surface area contributed by atoms with Crippen LogP contribution in [0.2, 0.25) is 0 Å². The van der Waals surface area contributed by atoms with Crippen molar-refractivity contribution in [2.45, 2.75) is 19.6 Å². The minimum Gasteiger partial charge on any atom is -0.370 e. The number of carbonyl (C=O) groups is 1. The Morgan fingerprint density at radius 2 is 1.92 bits per heavy atom. The minimum absolute atomic E-state index is 0.00159. The van der Waals surface area contributed by atoms with Crippen molar-refractivity contribution in [1.82, 2.24) is 19.7 Å². The Morgan fingerprint density at radius 3 is 2.59 bits per heavy atom. The molecule has 0 unspecified atom stereocenters. The van der Waals surface area contributed by atoms with Crippen LogP contribution in [-0.2, 0) is 19.8 Å². The average molecular weight is 503 g/mol. The van der Waals surface area contributed by atoms with Gasteiger partial charge in [0.15, 0.2) is 5.82 Å². The predicted octanol–water partition coefficient (Wildman–Crippen LogP) is 5.03. The lowest BCUT2D eigenvalue weighted by Crippen LogP contribution is -2.24. The lowest BCUT2D eigenvalue weighted by Gasteiger charge is -2.19. The lowest BCUT2D eigenvalue weighted by molar-refractivity contribution is -0.138. The topological polar surface area (TPSA) is 99.7 Å². The summed E-state index contributed by atoms with van der Waals surface area (Å²) in [5, 5.41) is 20.8. The maximum absolute atomic E-state index is 13.6. The zero-order chi connectivity index (χ0) is 26.3. The molecule has 2 aromatic carbocycles. The number of hydrogen-bond donors (Lipinski definition) is 1. The summed E-state index contributed by atoms with van der Waals surface area (Å²) in [7, 11) is 1.79. The third kappa shape index (κ3) is 4.27. The Hall–Kier alpha value is -4.72. The van der Waals surface area contributed by atoms with E-state index >= 15 is 0 Å². The summed E-state index contributed by atoms with van der Waals surface area (Å²) in [4.78, 5) is 19.0. The molecule has 3 heterocycles. The number of nitrogens with zero attached hydrogens (tertiary/aromatic N) is 6. The molecule has 5 rings (SSSR count). The molecule has 186 valence electrons. The molecule has 0 atom stereocenters. The van der Waals surface area contributed by atoms with Gasteiger partial charge in [-0.3, -0.25) is 9.69 Å². The van der Waals surface area contributed by atoms with Crippen molar-refractivity contribution < 1.29 is 18.0 Å². The number of nitrogens with one attached hydrogen (secondary N) is 1. The maximum Gasteiger partial charge on any atom is 0.416 e. The summed E-state index contributed by atoms with van der Waals surface area (Å²) in [6, 6.07) is 14.3. The van der Waals surface area contributed by atoms with Gasteiger partial charge in [0.2, 0.25) is 0 Å². The van der Waals surface area contributed by atoms with Gasteiger partial charge in [0.25, 0.3) is 5.91 Å². The molecule has 2 aromatic heterocycles. The first-order valence-corrected chi connectivity index (χ1v) is 11.4. The fourth-order valence-electron chi connectivity index (χ4n) is 4.44. The van der Waals surface area contributed by atoms with Crippen LogP contribution in [-0.4, -0.2) is 32.2 Å². The van der Waals surface area contributed by atoms with Gasteiger partial charge in [-0.15, -0.1) is 10.2 Å². The van der Waals surface area contributed by atoms with Crippen molar-refractivity contribution in [3.8, 4) is 28.6 Å². The van der Waals surface area contributed by atoms with Crippen LogP contribution < -0.4 is 10.2 Å². The SMILES string of the molecule is CCNc1cc(-c2cc(C#N)ccc2-c2nncn2C)cc(N2Cc3c(cccc3C(F)(F)F)C2=O)n1. The normalized spacial score (nSPS) is 13.0. The standard InChI is InChI=1S/C26H20F3N7O/c1-3-31-22-10-16(19-9-15(12-30)7-8-17(19)24-34-32-14-35(24)2)11-23(33-22)36-13-20-18(25(36)37)5-4-6-21(20)26(27,28)29/h4-11,14H,3,13H2,1-2H3,(H,31,33). The van der Waals surface area contributed by atoms with Gasteiger partial charge in [0, 0.05) is 24.7 Å². The number of halogens is 3. The fraction of sp³-hybridized carbons (Fsp3) is 0.192. The predicted molar refractivity (Wildman–Crippen MR) is 131 cm³/mol. The quantitative estimate of drug-likeness (QED) is 0.410. The largest absolute Gasteiger partial charge is 0.416 e. The smallest absolute Gasteiger partial charge is 0.370 e. The molecule has 1 aliphatic heterocycles. The molecule has 4 aromatic rings. The zero-order valence-corrected chi connectivity index (χ0v) is 19.8. The van der Waals surface area contributed by atoms with Crippen LogP contribution in [0.5, 0.6) is 0 Å². The molecule has 1 aliphatic rings. The second-order valence-corrected chi connectivity index (χ2v) is 8.49. The monoisotopic (exact) mass is 503 g/mol. The van der Waals surface area contributed by atoms with E-state index < -0.39 is 17.6 Å². The van der Waals surface area contributed by atoms with E-state index in [4.69, 9.17) is 0 Å². The Labute approximate surface area is 210 Å². The Morgan fingerprint density at radius 1 is 1.11 bits per heavy atom. The van der Waals surface area contributed by atoms with E-state index in [0.29, 0.717) is 40.4 Å². The molecule has 37 heavy (non-hydrogen) atoms. The second-order valence-electron chi connectivity index (χ2n) is 8.49. The zero-order valence-electron chi connectivity index (χ0n) is 19.8. The molecule has 0 bridgehead atoms. The number of alkyl halides is 3. The highest BCUT2D eigenvalue weighted by molar-refractivity contribution is 6.10. The molecular formula is C26H20F3N7O. The number of benzene rings is 2. The van der Waals surface area contributed by atoms with Crippen molar-refractivity contribution >= 4 is 17.5 Å². The van der Waals surface area contributed by atoms with Gasteiger partial charge in [0.05, 0.1) is 23.7 Å². The first kappa shape index (κ1) is 24.0. The van der Waals surface area contributed by atoms with Gasteiger partial charge < -0.3 is 9.88 Å². The highest BCUT2D eigenvalue weighted by atomic mass is 19.4. The fourth-order valence-corrected chi connectivity index (χ4v) is 4.44. The summed E-state index contributed by atoms with van der Waals surface area (Å²) < 4.78 is 42.6. The summed E-state index contributed by atoms with van der Waals surface area (Å²) in [6.45, 7) is 2.14. The van der Waals surface area contributed by atoms with Gasteiger partial charge in [-0.1, -0.05) is 6.07 Å². The molecule has 0 radical (unpaired) electrons. The molecule has 0 spiro atoms. The number of pyridine rings is 1. The van der Waals surface area contributed by atoms with Crippen LogP contribution in [0.3, 0.4) is 0 Å². The average Bonchev–Trinajstić information content (AvgIpc) is 3.46. The molecule has 8 nitrogen and oxygen atoms in total. The molecule has 0 aliphatic carbocycles. The summed E-state index contributed by atoms with van der Waals surface area (Å²) in [6.07, 6.45) is -3.04. The van der Waals surface area contributed by atoms with E-state index in [1.165, 1.54) is 17.0 Å². The molecular weight excluding hydrogens is 483 g/mol. The Bertz CT molecular complexity index is 1570. The first-order chi connectivity index (χ1) is 17.7. The number of anilines is 2. The third-order valence-electron chi connectivity index (χ3n) is 6.13. The lowest BCUT2D eigenvalue weighted by atomic mass is 9.97. The van der Waals surface area contributed by atoms with E-state index in [1.54, 1.807) is 48.3 Å².